The molecule has 6 heteroatoms. The lowest BCUT2D eigenvalue weighted by molar-refractivity contribution is 0.0525. The summed E-state index contributed by atoms with van der Waals surface area (Å²) < 4.78 is 11.8. The van der Waals surface area contributed by atoms with Crippen molar-refractivity contribution in [2.24, 2.45) is 7.05 Å². The third-order valence-electron chi connectivity index (χ3n) is 3.03. The fourth-order valence-corrected chi connectivity index (χ4v) is 2.07. The summed E-state index contributed by atoms with van der Waals surface area (Å²) in [5.41, 5.74) is 1.25. The summed E-state index contributed by atoms with van der Waals surface area (Å²) >= 11 is 0. The molecule has 0 radical (unpaired) electrons. The molecule has 6 nitrogen and oxygen atoms in total. The number of ether oxygens (including phenoxy) is 2. The number of aryl methyl sites for hydroxylation is 1. The molecule has 2 rings (SSSR count). The molecule has 0 aliphatic heterocycles. The maximum atomic E-state index is 12.0. The molecular formula is C16H18N2O4. The van der Waals surface area contributed by atoms with E-state index in [9.17, 15) is 9.59 Å². The van der Waals surface area contributed by atoms with Crippen molar-refractivity contribution in [2.45, 2.75) is 13.8 Å². The zero-order valence-electron chi connectivity index (χ0n) is 12.8. The Balaban J connectivity index is 2.51. The smallest absolute Gasteiger partial charge is 0.338 e. The van der Waals surface area contributed by atoms with Crippen molar-refractivity contribution in [1.82, 2.24) is 9.55 Å². The summed E-state index contributed by atoms with van der Waals surface area (Å²) in [6.45, 7) is 3.99. The zero-order chi connectivity index (χ0) is 16.1. The van der Waals surface area contributed by atoms with E-state index >= 15 is 0 Å². The number of hydrogen-bond donors (Lipinski definition) is 0. The van der Waals surface area contributed by atoms with Crippen molar-refractivity contribution >= 4 is 11.9 Å². The number of hydrogen-bond acceptors (Lipinski definition) is 5. The van der Waals surface area contributed by atoms with Crippen LogP contribution in [0.3, 0.4) is 0 Å². The Hall–Kier alpha value is -2.63. The van der Waals surface area contributed by atoms with Crippen LogP contribution in [0.4, 0.5) is 0 Å². The van der Waals surface area contributed by atoms with Gasteiger partial charge in [-0.2, -0.15) is 0 Å². The molecule has 0 bridgehead atoms. The highest BCUT2D eigenvalue weighted by Crippen LogP contribution is 2.22. The van der Waals surface area contributed by atoms with Crippen LogP contribution in [0, 0.1) is 0 Å². The molecule has 1 aromatic carbocycles. The number of aromatic nitrogens is 2. The zero-order valence-corrected chi connectivity index (χ0v) is 12.8. The van der Waals surface area contributed by atoms with Crippen molar-refractivity contribution in [1.29, 1.82) is 0 Å². The van der Waals surface area contributed by atoms with Gasteiger partial charge in [-0.1, -0.05) is 0 Å². The Labute approximate surface area is 128 Å². The lowest BCUT2D eigenvalue weighted by atomic mass is 10.0. The first-order chi connectivity index (χ1) is 10.6. The molecule has 0 fully saturated rings. The second-order valence-corrected chi connectivity index (χ2v) is 4.60. The standard InChI is InChI=1S/C16H18N2O4/c1-4-21-15(19)12-8-11(14-17-6-7-18(14)3)9-13(10-12)16(20)22-5-2/h6-10H,4-5H2,1-3H3. The maximum Gasteiger partial charge on any atom is 0.338 e. The maximum absolute atomic E-state index is 12.0. The minimum absolute atomic E-state index is 0.264. The van der Waals surface area contributed by atoms with Crippen molar-refractivity contribution in [2.75, 3.05) is 13.2 Å². The van der Waals surface area contributed by atoms with Crippen LogP contribution in [-0.2, 0) is 16.5 Å². The van der Waals surface area contributed by atoms with E-state index in [4.69, 9.17) is 9.47 Å². The van der Waals surface area contributed by atoms with E-state index < -0.39 is 11.9 Å². The Bertz CT molecular complexity index is 655. The van der Waals surface area contributed by atoms with Crippen molar-refractivity contribution in [3.05, 3.63) is 41.7 Å². The number of rotatable bonds is 5. The second-order valence-electron chi connectivity index (χ2n) is 4.60. The lowest BCUT2D eigenvalue weighted by Crippen LogP contribution is -2.10. The second kappa shape index (κ2) is 6.89. The molecule has 0 aliphatic rings. The van der Waals surface area contributed by atoms with Crippen LogP contribution in [0.5, 0.6) is 0 Å². The van der Waals surface area contributed by atoms with Gasteiger partial charge in [-0.15, -0.1) is 0 Å². The van der Waals surface area contributed by atoms with E-state index in [-0.39, 0.29) is 13.2 Å². The highest BCUT2D eigenvalue weighted by atomic mass is 16.5. The van der Waals surface area contributed by atoms with Gasteiger partial charge in [0.15, 0.2) is 0 Å². The summed E-state index contributed by atoms with van der Waals surface area (Å²) in [6.07, 6.45) is 3.44. The molecule has 2 aromatic rings. The quantitative estimate of drug-likeness (QED) is 0.793. The number of esters is 2. The minimum atomic E-state index is -0.482. The summed E-state index contributed by atoms with van der Waals surface area (Å²) in [5, 5.41) is 0. The Morgan fingerprint density at radius 2 is 1.59 bits per heavy atom. The number of benzene rings is 1. The first-order valence-corrected chi connectivity index (χ1v) is 7.03. The van der Waals surface area contributed by atoms with Gasteiger partial charge in [0.05, 0.1) is 24.3 Å². The van der Waals surface area contributed by atoms with Gasteiger partial charge in [-0.3, -0.25) is 0 Å². The Morgan fingerprint density at radius 3 is 2.00 bits per heavy atom. The summed E-state index contributed by atoms with van der Waals surface area (Å²) in [5.74, 6) is -0.315. The average molecular weight is 302 g/mol. The van der Waals surface area contributed by atoms with E-state index in [0.717, 1.165) is 0 Å². The largest absolute Gasteiger partial charge is 0.462 e. The van der Waals surface area contributed by atoms with Crippen LogP contribution < -0.4 is 0 Å². The molecule has 0 unspecified atom stereocenters. The summed E-state index contributed by atoms with van der Waals surface area (Å²) in [6, 6.07) is 4.79. The van der Waals surface area contributed by atoms with Crippen molar-refractivity contribution in [3.63, 3.8) is 0 Å². The molecule has 116 valence electrons. The number of carbonyl (C=O) groups is 2. The van der Waals surface area contributed by atoms with Crippen LogP contribution >= 0.6 is 0 Å². The van der Waals surface area contributed by atoms with Crippen molar-refractivity contribution in [3.8, 4) is 11.4 Å². The monoisotopic (exact) mass is 302 g/mol. The molecule has 0 aliphatic carbocycles. The molecule has 1 aromatic heterocycles. The van der Waals surface area contributed by atoms with Gasteiger partial charge in [0.2, 0.25) is 0 Å². The topological polar surface area (TPSA) is 70.4 Å². The normalized spacial score (nSPS) is 10.3. The van der Waals surface area contributed by atoms with Crippen LogP contribution in [0.15, 0.2) is 30.6 Å². The number of carbonyl (C=O) groups excluding carboxylic acids is 2. The molecular weight excluding hydrogens is 284 g/mol. The van der Waals surface area contributed by atoms with Crippen molar-refractivity contribution < 1.29 is 19.1 Å². The highest BCUT2D eigenvalue weighted by Gasteiger charge is 2.16. The van der Waals surface area contributed by atoms with Crippen LogP contribution in [0.1, 0.15) is 34.6 Å². The summed E-state index contributed by atoms with van der Waals surface area (Å²) in [7, 11) is 1.84. The van der Waals surface area contributed by atoms with Gasteiger partial charge in [0, 0.05) is 25.0 Å². The predicted molar refractivity (Wildman–Crippen MR) is 80.6 cm³/mol. The number of imidazole rings is 1. The molecule has 0 spiro atoms. The van der Waals surface area contributed by atoms with E-state index in [2.05, 4.69) is 4.98 Å². The average Bonchev–Trinajstić information content (AvgIpc) is 2.93. The van der Waals surface area contributed by atoms with Gasteiger partial charge in [-0.25, -0.2) is 14.6 Å². The summed E-state index contributed by atoms with van der Waals surface area (Å²) in [4.78, 5) is 28.2. The first kappa shape index (κ1) is 15.8. The predicted octanol–water partition coefficient (Wildman–Crippen LogP) is 2.44. The van der Waals surface area contributed by atoms with E-state index in [1.54, 1.807) is 42.9 Å². The third kappa shape index (κ3) is 3.33. The highest BCUT2D eigenvalue weighted by molar-refractivity contribution is 5.97. The van der Waals surface area contributed by atoms with Gasteiger partial charge >= 0.3 is 11.9 Å². The lowest BCUT2D eigenvalue weighted by Gasteiger charge is -2.09. The molecule has 0 N–H and O–H groups in total. The van der Waals surface area contributed by atoms with Crippen LogP contribution in [-0.4, -0.2) is 34.7 Å². The van der Waals surface area contributed by atoms with Gasteiger partial charge < -0.3 is 14.0 Å². The van der Waals surface area contributed by atoms with E-state index in [1.807, 2.05) is 7.05 Å². The molecule has 1 heterocycles. The fourth-order valence-electron chi connectivity index (χ4n) is 2.07. The fraction of sp³-hybridized carbons (Fsp3) is 0.312. The van der Waals surface area contributed by atoms with E-state index in [1.165, 1.54) is 6.07 Å². The molecule has 0 saturated carbocycles. The Morgan fingerprint density at radius 1 is 1.05 bits per heavy atom. The van der Waals surface area contributed by atoms with Gasteiger partial charge in [0.1, 0.15) is 5.82 Å². The molecule has 22 heavy (non-hydrogen) atoms. The van der Waals surface area contributed by atoms with Gasteiger partial charge in [-0.05, 0) is 32.0 Å². The molecule has 0 amide bonds. The first-order valence-electron chi connectivity index (χ1n) is 7.03. The molecule has 0 saturated heterocycles. The van der Waals surface area contributed by atoms with Crippen LogP contribution in [0.2, 0.25) is 0 Å². The Kier molecular flexibility index (Phi) is 4.93. The minimum Gasteiger partial charge on any atom is -0.462 e. The van der Waals surface area contributed by atoms with Gasteiger partial charge in [0.25, 0.3) is 0 Å². The molecule has 0 atom stereocenters. The SMILES string of the molecule is CCOC(=O)c1cc(C(=O)OCC)cc(-c2nccn2C)c1. The number of nitrogens with zero attached hydrogens (tertiary/aromatic N) is 2. The van der Waals surface area contributed by atoms with Crippen LogP contribution in [0.25, 0.3) is 11.4 Å². The third-order valence-corrected chi connectivity index (χ3v) is 3.03. The van der Waals surface area contributed by atoms with E-state index in [0.29, 0.717) is 22.5 Å².